The molecule has 0 heterocycles. The molecular formula is C33H42N4O7S2. The molecular weight excluding hydrogens is 629 g/mol. The summed E-state index contributed by atoms with van der Waals surface area (Å²) in [5, 5.41) is 20.8. The van der Waals surface area contributed by atoms with Crippen molar-refractivity contribution in [1.82, 2.24) is 21.3 Å². The Balaban J connectivity index is 1.98. The topological polar surface area (TPSA) is 163 Å². The van der Waals surface area contributed by atoms with Crippen molar-refractivity contribution in [2.75, 3.05) is 13.1 Å². The third kappa shape index (κ3) is 15.2. The normalized spacial score (nSPS) is 12.2. The van der Waals surface area contributed by atoms with Gasteiger partial charge in [0.2, 0.25) is 5.91 Å². The monoisotopic (exact) mass is 670 g/mol. The Morgan fingerprint density at radius 1 is 0.717 bits per heavy atom. The van der Waals surface area contributed by atoms with E-state index in [0.717, 1.165) is 0 Å². The van der Waals surface area contributed by atoms with Crippen LogP contribution in [0.2, 0.25) is 0 Å². The number of unbranched alkanes of at least 4 members (excludes halogenated alkanes) is 1. The van der Waals surface area contributed by atoms with Gasteiger partial charge in [0.25, 0.3) is 0 Å². The lowest BCUT2D eigenvalue weighted by atomic mass is 10.1. The van der Waals surface area contributed by atoms with Gasteiger partial charge in [0, 0.05) is 24.2 Å². The van der Waals surface area contributed by atoms with Gasteiger partial charge in [0.05, 0.1) is 22.8 Å². The van der Waals surface area contributed by atoms with E-state index in [9.17, 15) is 29.1 Å². The van der Waals surface area contributed by atoms with Gasteiger partial charge in [0.1, 0.15) is 17.7 Å². The minimum absolute atomic E-state index is 0.0164. The molecule has 2 unspecified atom stereocenters. The fourth-order valence-electron chi connectivity index (χ4n) is 4.18. The van der Waals surface area contributed by atoms with Crippen LogP contribution in [0.25, 0.3) is 0 Å². The zero-order valence-corrected chi connectivity index (χ0v) is 27.9. The molecule has 2 rings (SSSR count). The number of alkyl carbamates (subject to hydrolysis) is 1. The van der Waals surface area contributed by atoms with Crippen molar-refractivity contribution in [2.24, 2.45) is 0 Å². The maximum Gasteiger partial charge on any atom is 0.407 e. The third-order valence-electron chi connectivity index (χ3n) is 6.44. The first-order chi connectivity index (χ1) is 21.7. The van der Waals surface area contributed by atoms with Crippen LogP contribution in [-0.4, -0.2) is 75.4 Å². The van der Waals surface area contributed by atoms with Crippen LogP contribution in [0.15, 0.2) is 60.7 Å². The number of ketones is 2. The minimum atomic E-state index is -1.22. The summed E-state index contributed by atoms with van der Waals surface area (Å²) in [6.45, 7) is 5.70. The van der Waals surface area contributed by atoms with E-state index in [4.69, 9.17) is 29.2 Å². The Labute approximate surface area is 280 Å². The molecule has 2 amide bonds. The quantitative estimate of drug-likeness (QED) is 0.0869. The van der Waals surface area contributed by atoms with E-state index < -0.39 is 35.7 Å². The number of carboxylic acid groups (broad SMARTS) is 1. The summed E-state index contributed by atoms with van der Waals surface area (Å²) < 4.78 is 5.18. The molecule has 0 aromatic heterocycles. The first-order valence-corrected chi connectivity index (χ1v) is 15.8. The van der Waals surface area contributed by atoms with Crippen LogP contribution in [0.4, 0.5) is 4.79 Å². The number of ether oxygens (including phenoxy) is 1. The lowest BCUT2D eigenvalue weighted by Gasteiger charge is -2.23. The highest BCUT2D eigenvalue weighted by Crippen LogP contribution is 2.09. The summed E-state index contributed by atoms with van der Waals surface area (Å²) in [5.74, 6) is -2.23. The zero-order valence-electron chi connectivity index (χ0n) is 26.3. The summed E-state index contributed by atoms with van der Waals surface area (Å²) in [6.07, 6.45) is 0.381. The van der Waals surface area contributed by atoms with Gasteiger partial charge in [0.15, 0.2) is 11.6 Å². The average Bonchev–Trinajstić information content (AvgIpc) is 2.99. The summed E-state index contributed by atoms with van der Waals surface area (Å²) in [6, 6.07) is 15.1. The molecule has 0 saturated carbocycles. The maximum atomic E-state index is 13.3. The van der Waals surface area contributed by atoms with Gasteiger partial charge in [-0.25, -0.2) is 9.59 Å². The van der Waals surface area contributed by atoms with Gasteiger partial charge in [-0.3, -0.25) is 14.4 Å². The molecule has 0 aliphatic heterocycles. The van der Waals surface area contributed by atoms with Gasteiger partial charge in [-0.05, 0) is 46.5 Å². The number of amides is 2. The second-order valence-corrected chi connectivity index (χ2v) is 12.5. The molecule has 2 atom stereocenters. The third-order valence-corrected chi connectivity index (χ3v) is 6.99. The second kappa shape index (κ2) is 19.3. The first kappa shape index (κ1) is 38.0. The number of rotatable bonds is 18. The number of carbonyl (C=O) groups is 5. The van der Waals surface area contributed by atoms with E-state index >= 15 is 0 Å². The molecule has 0 aliphatic rings. The number of thiocarbonyl (C=S) groups is 2. The predicted molar refractivity (Wildman–Crippen MR) is 183 cm³/mol. The fraction of sp³-hybridized carbons (Fsp3) is 0.424. The molecule has 5 N–H and O–H groups in total. The molecule has 46 heavy (non-hydrogen) atoms. The Morgan fingerprint density at radius 3 is 1.78 bits per heavy atom. The molecule has 0 bridgehead atoms. The Morgan fingerprint density at radius 2 is 1.26 bits per heavy atom. The summed E-state index contributed by atoms with van der Waals surface area (Å²) in [7, 11) is 0. The Bertz CT molecular complexity index is 1370. The van der Waals surface area contributed by atoms with E-state index in [-0.39, 0.29) is 55.3 Å². The van der Waals surface area contributed by atoms with Crippen molar-refractivity contribution < 1.29 is 33.8 Å². The largest absolute Gasteiger partial charge is 0.480 e. The van der Waals surface area contributed by atoms with Crippen LogP contribution in [0.3, 0.4) is 0 Å². The summed E-state index contributed by atoms with van der Waals surface area (Å²) in [4.78, 5) is 62.7. The number of carboxylic acids is 1. The van der Waals surface area contributed by atoms with Crippen LogP contribution >= 0.6 is 24.4 Å². The van der Waals surface area contributed by atoms with E-state index in [0.29, 0.717) is 29.0 Å². The van der Waals surface area contributed by atoms with Gasteiger partial charge >= 0.3 is 12.1 Å². The first-order valence-electron chi connectivity index (χ1n) is 15.0. The van der Waals surface area contributed by atoms with E-state index in [1.165, 1.54) is 0 Å². The SMILES string of the molecule is CC(C)(C)OC(=O)NCCCCC(NC(=O)C(CCNC(=S)CC(=O)c1ccccc1)NC(=S)CC(=O)c1ccccc1)C(=O)O. The van der Waals surface area contributed by atoms with Crippen LogP contribution in [0, 0.1) is 0 Å². The van der Waals surface area contributed by atoms with Crippen LogP contribution < -0.4 is 21.3 Å². The number of nitrogens with one attached hydrogen (secondary N) is 4. The van der Waals surface area contributed by atoms with Gasteiger partial charge in [-0.1, -0.05) is 85.1 Å². The smallest absolute Gasteiger partial charge is 0.407 e. The average molecular weight is 671 g/mol. The van der Waals surface area contributed by atoms with Crippen molar-refractivity contribution >= 4 is 63.9 Å². The Hall–Kier alpha value is -4.23. The van der Waals surface area contributed by atoms with Crippen LogP contribution in [0.1, 0.15) is 80.0 Å². The molecule has 0 radical (unpaired) electrons. The second-order valence-electron chi connectivity index (χ2n) is 11.5. The zero-order chi connectivity index (χ0) is 34.1. The lowest BCUT2D eigenvalue weighted by Crippen LogP contribution is -2.52. The summed E-state index contributed by atoms with van der Waals surface area (Å²) in [5.41, 5.74) is 0.360. The standard InChI is InChI=1S/C33H42N4O7S2/c1-33(2,3)44-32(43)35-18-11-10-16-25(31(41)42)37-30(40)24(36-29(46)21-27(39)23-14-8-5-9-15-23)17-19-34-28(45)20-26(38)22-12-6-4-7-13-22/h4-9,12-15,24-25H,10-11,16-21H2,1-3H3,(H,34,45)(H,35,43)(H,36,46)(H,37,40)(H,41,42). The molecule has 2 aromatic carbocycles. The number of benzene rings is 2. The highest BCUT2D eigenvalue weighted by Gasteiger charge is 2.26. The van der Waals surface area contributed by atoms with Gasteiger partial charge in [-0.2, -0.15) is 0 Å². The van der Waals surface area contributed by atoms with Gasteiger partial charge in [-0.15, -0.1) is 0 Å². The fourth-order valence-corrected chi connectivity index (χ4v) is 4.69. The molecule has 0 saturated heterocycles. The van der Waals surface area contributed by atoms with E-state index in [1.54, 1.807) is 75.4 Å². The number of hydrogen-bond acceptors (Lipinski definition) is 8. The molecule has 2 aromatic rings. The highest BCUT2D eigenvalue weighted by molar-refractivity contribution is 7.80. The molecule has 11 nitrogen and oxygen atoms in total. The van der Waals surface area contributed by atoms with Crippen molar-refractivity contribution in [2.45, 2.75) is 77.0 Å². The number of Topliss-reactive ketones (excluding diaryl/α,β-unsaturated/α-hetero) is 2. The lowest BCUT2D eigenvalue weighted by molar-refractivity contribution is -0.142. The van der Waals surface area contributed by atoms with E-state index in [1.807, 2.05) is 6.07 Å². The van der Waals surface area contributed by atoms with Gasteiger partial charge < -0.3 is 31.1 Å². The predicted octanol–water partition coefficient (Wildman–Crippen LogP) is 4.39. The number of hydrogen-bond donors (Lipinski definition) is 5. The minimum Gasteiger partial charge on any atom is -0.480 e. The number of carbonyl (C=O) groups excluding carboxylic acids is 4. The van der Waals surface area contributed by atoms with Crippen molar-refractivity contribution in [1.29, 1.82) is 0 Å². The highest BCUT2D eigenvalue weighted by atomic mass is 32.1. The molecule has 0 spiro atoms. The molecule has 0 aliphatic carbocycles. The van der Waals surface area contributed by atoms with E-state index in [2.05, 4.69) is 21.3 Å². The molecule has 0 fully saturated rings. The molecule has 248 valence electrons. The summed E-state index contributed by atoms with van der Waals surface area (Å²) >= 11 is 10.7. The van der Waals surface area contributed by atoms with Crippen molar-refractivity contribution in [3.63, 3.8) is 0 Å². The van der Waals surface area contributed by atoms with Crippen molar-refractivity contribution in [3.8, 4) is 0 Å². The van der Waals surface area contributed by atoms with Crippen LogP contribution in [-0.2, 0) is 14.3 Å². The number of aliphatic carboxylic acids is 1. The molecule has 13 heteroatoms. The van der Waals surface area contributed by atoms with Crippen LogP contribution in [0.5, 0.6) is 0 Å². The maximum absolute atomic E-state index is 13.3. The Kier molecular flexibility index (Phi) is 15.9. The van der Waals surface area contributed by atoms with Crippen molar-refractivity contribution in [3.05, 3.63) is 71.8 Å².